The fourth-order valence-electron chi connectivity index (χ4n) is 1.68. The van der Waals surface area contributed by atoms with Crippen LogP contribution in [0.4, 0.5) is 5.69 Å². The van der Waals surface area contributed by atoms with E-state index >= 15 is 0 Å². The summed E-state index contributed by atoms with van der Waals surface area (Å²) in [5.74, 6) is -1.22. The summed E-state index contributed by atoms with van der Waals surface area (Å²) < 4.78 is 26.7. The number of halogens is 1. The summed E-state index contributed by atoms with van der Waals surface area (Å²) in [4.78, 5) is 10.7. The van der Waals surface area contributed by atoms with Gasteiger partial charge < -0.3 is 5.11 Å². The number of carbonyl (C=O) groups is 1. The molecule has 0 aliphatic heterocycles. The zero-order chi connectivity index (χ0) is 16.3. The number of nitrogens with zero attached hydrogens (tertiary/aromatic N) is 1. The number of carboxylic acids is 1. The van der Waals surface area contributed by atoms with E-state index < -0.39 is 16.0 Å². The fraction of sp³-hybridized carbons (Fsp3) is 0. The SMILES string of the molecule is N#Cc1ccc(NS(=O)(=O)c2cccc(C(=O)O)c2)cc1Cl. The highest BCUT2D eigenvalue weighted by Gasteiger charge is 2.16. The van der Waals surface area contributed by atoms with Crippen molar-refractivity contribution in [2.24, 2.45) is 0 Å². The average molecular weight is 337 g/mol. The first-order valence-corrected chi connectivity index (χ1v) is 7.75. The highest BCUT2D eigenvalue weighted by atomic mass is 35.5. The van der Waals surface area contributed by atoms with Gasteiger partial charge in [0.05, 0.1) is 26.7 Å². The molecule has 8 heteroatoms. The van der Waals surface area contributed by atoms with Crippen molar-refractivity contribution in [2.75, 3.05) is 4.72 Å². The molecule has 0 bridgehead atoms. The molecule has 112 valence electrons. The molecule has 0 heterocycles. The van der Waals surface area contributed by atoms with Crippen LogP contribution in [0.2, 0.25) is 5.02 Å². The zero-order valence-electron chi connectivity index (χ0n) is 10.9. The molecule has 2 rings (SSSR count). The molecule has 0 spiro atoms. The summed E-state index contributed by atoms with van der Waals surface area (Å²) in [6.07, 6.45) is 0. The monoisotopic (exact) mass is 336 g/mol. The van der Waals surface area contributed by atoms with E-state index in [4.69, 9.17) is 22.0 Å². The van der Waals surface area contributed by atoms with E-state index in [1.54, 1.807) is 0 Å². The first-order valence-electron chi connectivity index (χ1n) is 5.89. The first-order chi connectivity index (χ1) is 10.3. The van der Waals surface area contributed by atoms with Crippen molar-refractivity contribution < 1.29 is 18.3 Å². The van der Waals surface area contributed by atoms with E-state index in [2.05, 4.69) is 4.72 Å². The van der Waals surface area contributed by atoms with Gasteiger partial charge in [-0.15, -0.1) is 0 Å². The van der Waals surface area contributed by atoms with E-state index in [-0.39, 0.29) is 26.7 Å². The molecular formula is C14H9ClN2O4S. The number of rotatable bonds is 4. The minimum Gasteiger partial charge on any atom is -0.478 e. The van der Waals surface area contributed by atoms with Gasteiger partial charge in [0.15, 0.2) is 0 Å². The second-order valence-electron chi connectivity index (χ2n) is 4.24. The Morgan fingerprint density at radius 2 is 1.95 bits per heavy atom. The number of anilines is 1. The Kier molecular flexibility index (Phi) is 4.35. The maximum Gasteiger partial charge on any atom is 0.335 e. The highest BCUT2D eigenvalue weighted by molar-refractivity contribution is 7.92. The van der Waals surface area contributed by atoms with Gasteiger partial charge >= 0.3 is 5.97 Å². The van der Waals surface area contributed by atoms with Gasteiger partial charge in [0.2, 0.25) is 0 Å². The largest absolute Gasteiger partial charge is 0.478 e. The van der Waals surface area contributed by atoms with Crippen molar-refractivity contribution in [1.29, 1.82) is 5.26 Å². The lowest BCUT2D eigenvalue weighted by atomic mass is 10.2. The molecule has 22 heavy (non-hydrogen) atoms. The maximum atomic E-state index is 12.2. The second kappa shape index (κ2) is 6.05. The number of hydrogen-bond donors (Lipinski definition) is 2. The normalized spacial score (nSPS) is 10.7. The molecule has 2 aromatic rings. The molecular weight excluding hydrogens is 328 g/mol. The Morgan fingerprint density at radius 1 is 1.23 bits per heavy atom. The van der Waals surface area contributed by atoms with Gasteiger partial charge in [0.25, 0.3) is 10.0 Å². The summed E-state index contributed by atoms with van der Waals surface area (Å²) in [6, 6.07) is 10.9. The van der Waals surface area contributed by atoms with E-state index in [1.807, 2.05) is 6.07 Å². The maximum absolute atomic E-state index is 12.2. The number of hydrogen-bond acceptors (Lipinski definition) is 4. The summed E-state index contributed by atoms with van der Waals surface area (Å²) in [5, 5.41) is 17.8. The van der Waals surface area contributed by atoms with Crippen molar-refractivity contribution in [3.63, 3.8) is 0 Å². The van der Waals surface area contributed by atoms with Gasteiger partial charge in [-0.05, 0) is 36.4 Å². The van der Waals surface area contributed by atoms with Crippen molar-refractivity contribution in [2.45, 2.75) is 4.90 Å². The lowest BCUT2D eigenvalue weighted by Crippen LogP contribution is -2.13. The minimum absolute atomic E-state index is 0.113. The molecule has 0 amide bonds. The van der Waals surface area contributed by atoms with Crippen LogP contribution in [0.25, 0.3) is 0 Å². The van der Waals surface area contributed by atoms with Crippen LogP contribution in [0.5, 0.6) is 0 Å². The second-order valence-corrected chi connectivity index (χ2v) is 6.33. The molecule has 0 saturated heterocycles. The topological polar surface area (TPSA) is 107 Å². The smallest absolute Gasteiger partial charge is 0.335 e. The van der Waals surface area contributed by atoms with Crippen LogP contribution in [-0.2, 0) is 10.0 Å². The fourth-order valence-corrected chi connectivity index (χ4v) is 3.00. The van der Waals surface area contributed by atoms with E-state index in [1.165, 1.54) is 36.4 Å². The van der Waals surface area contributed by atoms with Crippen molar-refractivity contribution in [3.8, 4) is 6.07 Å². The van der Waals surface area contributed by atoms with Crippen LogP contribution in [0.1, 0.15) is 15.9 Å². The molecule has 0 aliphatic carbocycles. The molecule has 0 aromatic heterocycles. The van der Waals surface area contributed by atoms with E-state index in [0.717, 1.165) is 6.07 Å². The van der Waals surface area contributed by atoms with Crippen LogP contribution < -0.4 is 4.72 Å². The Balaban J connectivity index is 2.36. The van der Waals surface area contributed by atoms with Gasteiger partial charge in [-0.1, -0.05) is 17.7 Å². The molecule has 0 radical (unpaired) electrons. The first kappa shape index (κ1) is 15.8. The molecule has 0 unspecified atom stereocenters. The van der Waals surface area contributed by atoms with Gasteiger partial charge in [-0.3, -0.25) is 4.72 Å². The number of benzene rings is 2. The number of aromatic carboxylic acids is 1. The lowest BCUT2D eigenvalue weighted by Gasteiger charge is -2.09. The Bertz CT molecular complexity index is 888. The Morgan fingerprint density at radius 3 is 2.55 bits per heavy atom. The summed E-state index contributed by atoms with van der Waals surface area (Å²) >= 11 is 5.84. The quantitative estimate of drug-likeness (QED) is 0.892. The van der Waals surface area contributed by atoms with Crippen LogP contribution in [0, 0.1) is 11.3 Å². The summed E-state index contributed by atoms with van der Waals surface area (Å²) in [7, 11) is -3.96. The number of carboxylic acid groups (broad SMARTS) is 1. The van der Waals surface area contributed by atoms with Crippen molar-refractivity contribution >= 4 is 33.3 Å². The molecule has 0 aliphatic rings. The van der Waals surface area contributed by atoms with Gasteiger partial charge in [0.1, 0.15) is 6.07 Å². The molecule has 2 aromatic carbocycles. The number of nitrogens with one attached hydrogen (secondary N) is 1. The van der Waals surface area contributed by atoms with E-state index in [0.29, 0.717) is 0 Å². The highest BCUT2D eigenvalue weighted by Crippen LogP contribution is 2.23. The number of sulfonamides is 1. The molecule has 0 saturated carbocycles. The Labute approximate surface area is 131 Å². The molecule has 6 nitrogen and oxygen atoms in total. The van der Waals surface area contributed by atoms with Crippen LogP contribution in [0.15, 0.2) is 47.4 Å². The third-order valence-corrected chi connectivity index (χ3v) is 4.42. The van der Waals surface area contributed by atoms with Crippen LogP contribution in [0.3, 0.4) is 0 Å². The van der Waals surface area contributed by atoms with Crippen molar-refractivity contribution in [1.82, 2.24) is 0 Å². The zero-order valence-corrected chi connectivity index (χ0v) is 12.5. The minimum atomic E-state index is -3.96. The predicted octanol–water partition coefficient (Wildman–Crippen LogP) is 2.71. The van der Waals surface area contributed by atoms with Crippen molar-refractivity contribution in [3.05, 3.63) is 58.6 Å². The van der Waals surface area contributed by atoms with Gasteiger partial charge in [-0.2, -0.15) is 5.26 Å². The predicted molar refractivity (Wildman–Crippen MR) is 80.4 cm³/mol. The lowest BCUT2D eigenvalue weighted by molar-refractivity contribution is 0.0696. The van der Waals surface area contributed by atoms with Crippen LogP contribution >= 0.6 is 11.6 Å². The molecule has 0 fully saturated rings. The van der Waals surface area contributed by atoms with E-state index in [9.17, 15) is 13.2 Å². The third kappa shape index (κ3) is 3.36. The number of nitriles is 1. The molecule has 2 N–H and O–H groups in total. The summed E-state index contributed by atoms with van der Waals surface area (Å²) in [5.41, 5.74) is 0.253. The summed E-state index contributed by atoms with van der Waals surface area (Å²) in [6.45, 7) is 0. The van der Waals surface area contributed by atoms with Gasteiger partial charge in [-0.25, -0.2) is 13.2 Å². The third-order valence-electron chi connectivity index (χ3n) is 2.73. The molecule has 0 atom stereocenters. The van der Waals surface area contributed by atoms with Crippen LogP contribution in [-0.4, -0.2) is 19.5 Å². The average Bonchev–Trinajstić information content (AvgIpc) is 2.47. The van der Waals surface area contributed by atoms with Gasteiger partial charge in [0, 0.05) is 0 Å². The standard InChI is InChI=1S/C14H9ClN2O4S/c15-13-7-11(5-4-10(13)8-16)17-22(20,21)12-3-1-2-9(6-12)14(18)19/h1-7,17H,(H,18,19). The Hall–Kier alpha value is -2.56.